The van der Waals surface area contributed by atoms with Gasteiger partial charge < -0.3 is 4.98 Å². The lowest BCUT2D eigenvalue weighted by molar-refractivity contribution is 0.0979. The Morgan fingerprint density at radius 1 is 0.714 bits per heavy atom. The second-order valence-corrected chi connectivity index (χ2v) is 4.51. The molecule has 0 spiro atoms. The molecule has 0 aliphatic heterocycles. The molecule has 4 nitrogen and oxygen atoms in total. The largest absolute Gasteiger partial charge is 0.351 e. The maximum absolute atomic E-state index is 12.1. The number of carbonyl (C=O) groups is 2. The van der Waals surface area contributed by atoms with Crippen molar-refractivity contribution >= 4 is 11.6 Å². The van der Waals surface area contributed by atoms with Gasteiger partial charge in [0.15, 0.2) is 11.6 Å². The molecule has 0 saturated carbocycles. The number of benzene rings is 2. The Labute approximate surface area is 121 Å². The molecule has 21 heavy (non-hydrogen) atoms. The van der Waals surface area contributed by atoms with E-state index in [1.54, 1.807) is 67.3 Å². The summed E-state index contributed by atoms with van der Waals surface area (Å²) in [6.07, 6.45) is 5.08. The number of aromatic amines is 1. The SMILES string of the molecule is O=C1c2ccccc2C(=O)c2ccccc21.c1c[nH]cn1. The molecule has 0 radical (unpaired) electrons. The van der Waals surface area contributed by atoms with Gasteiger partial charge in [0, 0.05) is 34.6 Å². The van der Waals surface area contributed by atoms with Crippen molar-refractivity contribution in [3.63, 3.8) is 0 Å². The first kappa shape index (κ1) is 13.0. The van der Waals surface area contributed by atoms with Crippen LogP contribution >= 0.6 is 0 Å². The third-order valence-corrected chi connectivity index (χ3v) is 3.24. The number of rotatable bonds is 0. The topological polar surface area (TPSA) is 62.8 Å². The van der Waals surface area contributed by atoms with E-state index in [2.05, 4.69) is 9.97 Å². The van der Waals surface area contributed by atoms with Crippen molar-refractivity contribution in [1.82, 2.24) is 9.97 Å². The smallest absolute Gasteiger partial charge is 0.194 e. The van der Waals surface area contributed by atoms with Gasteiger partial charge in [-0.3, -0.25) is 9.59 Å². The Kier molecular flexibility index (Phi) is 3.43. The standard InChI is InChI=1S/C14H8O2.C3H4N2/c15-13-9-5-1-2-6-10(9)14(16)12-8-4-3-7-11(12)13;1-2-5-3-4-1/h1-8H;1-3H,(H,4,5). The zero-order valence-corrected chi connectivity index (χ0v) is 11.1. The fourth-order valence-corrected chi connectivity index (χ4v) is 2.26. The summed E-state index contributed by atoms with van der Waals surface area (Å²) in [6, 6.07) is 13.9. The van der Waals surface area contributed by atoms with E-state index in [1.165, 1.54) is 0 Å². The van der Waals surface area contributed by atoms with Crippen LogP contribution in [-0.4, -0.2) is 21.5 Å². The first-order valence-electron chi connectivity index (χ1n) is 6.49. The average molecular weight is 276 g/mol. The summed E-state index contributed by atoms with van der Waals surface area (Å²) < 4.78 is 0. The van der Waals surface area contributed by atoms with Crippen LogP contribution in [0.1, 0.15) is 31.8 Å². The summed E-state index contributed by atoms with van der Waals surface area (Å²) in [5.41, 5.74) is 2.02. The van der Waals surface area contributed by atoms with Crippen molar-refractivity contribution in [3.05, 3.63) is 89.5 Å². The van der Waals surface area contributed by atoms with Gasteiger partial charge in [-0.2, -0.15) is 0 Å². The van der Waals surface area contributed by atoms with Gasteiger partial charge in [-0.05, 0) is 0 Å². The Morgan fingerprint density at radius 2 is 1.14 bits per heavy atom. The highest BCUT2D eigenvalue weighted by atomic mass is 16.1. The summed E-state index contributed by atoms with van der Waals surface area (Å²) in [7, 11) is 0. The van der Waals surface area contributed by atoms with E-state index in [-0.39, 0.29) is 11.6 Å². The number of nitrogens with one attached hydrogen (secondary N) is 1. The predicted molar refractivity (Wildman–Crippen MR) is 78.3 cm³/mol. The van der Waals surface area contributed by atoms with Gasteiger partial charge in [0.05, 0.1) is 6.33 Å². The normalized spacial score (nSPS) is 12.0. The third-order valence-electron chi connectivity index (χ3n) is 3.24. The van der Waals surface area contributed by atoms with Crippen molar-refractivity contribution in [2.45, 2.75) is 0 Å². The highest BCUT2D eigenvalue weighted by molar-refractivity contribution is 6.28. The van der Waals surface area contributed by atoms with Crippen LogP contribution in [0.4, 0.5) is 0 Å². The number of fused-ring (bicyclic) bond motifs is 2. The molecule has 102 valence electrons. The number of hydrogen-bond acceptors (Lipinski definition) is 3. The molecule has 1 heterocycles. The van der Waals surface area contributed by atoms with Crippen molar-refractivity contribution in [2.24, 2.45) is 0 Å². The van der Waals surface area contributed by atoms with E-state index in [0.717, 1.165) is 0 Å². The summed E-state index contributed by atoms with van der Waals surface area (Å²) in [5.74, 6) is -0.128. The molecule has 1 N–H and O–H groups in total. The molecule has 2 aromatic carbocycles. The number of nitrogens with zero attached hydrogens (tertiary/aromatic N) is 1. The van der Waals surface area contributed by atoms with Crippen LogP contribution in [-0.2, 0) is 0 Å². The first-order chi connectivity index (χ1) is 10.3. The molecule has 4 heteroatoms. The van der Waals surface area contributed by atoms with Crippen molar-refractivity contribution in [3.8, 4) is 0 Å². The van der Waals surface area contributed by atoms with Gasteiger partial charge in [-0.15, -0.1) is 0 Å². The van der Waals surface area contributed by atoms with Crippen LogP contribution < -0.4 is 0 Å². The molecule has 0 atom stereocenters. The second kappa shape index (κ2) is 5.54. The summed E-state index contributed by atoms with van der Waals surface area (Å²) in [4.78, 5) is 30.6. The maximum Gasteiger partial charge on any atom is 0.194 e. The summed E-state index contributed by atoms with van der Waals surface area (Å²) in [6.45, 7) is 0. The molecule has 4 rings (SSSR count). The van der Waals surface area contributed by atoms with E-state index in [0.29, 0.717) is 22.3 Å². The van der Waals surface area contributed by atoms with Crippen LogP contribution in [0, 0.1) is 0 Å². The molecule has 1 aromatic heterocycles. The van der Waals surface area contributed by atoms with Crippen LogP contribution in [0.3, 0.4) is 0 Å². The fraction of sp³-hybridized carbons (Fsp3) is 0. The maximum atomic E-state index is 12.1. The first-order valence-corrected chi connectivity index (χ1v) is 6.49. The molecule has 1 aliphatic carbocycles. The van der Waals surface area contributed by atoms with E-state index in [9.17, 15) is 9.59 Å². The molecule has 3 aromatic rings. The lowest BCUT2D eigenvalue weighted by Crippen LogP contribution is -2.20. The minimum atomic E-state index is -0.0641. The Balaban J connectivity index is 0.000000225. The number of ketones is 2. The van der Waals surface area contributed by atoms with E-state index < -0.39 is 0 Å². The predicted octanol–water partition coefficient (Wildman–Crippen LogP) is 2.87. The van der Waals surface area contributed by atoms with E-state index in [1.807, 2.05) is 0 Å². The van der Waals surface area contributed by atoms with Gasteiger partial charge in [-0.25, -0.2) is 4.98 Å². The number of aromatic nitrogens is 2. The number of hydrogen-bond donors (Lipinski definition) is 1. The Hall–Kier alpha value is -3.01. The van der Waals surface area contributed by atoms with E-state index in [4.69, 9.17) is 0 Å². The van der Waals surface area contributed by atoms with Crippen LogP contribution in [0.2, 0.25) is 0 Å². The van der Waals surface area contributed by atoms with Crippen molar-refractivity contribution in [2.75, 3.05) is 0 Å². The number of H-pyrrole nitrogens is 1. The van der Waals surface area contributed by atoms with Crippen molar-refractivity contribution < 1.29 is 9.59 Å². The molecular weight excluding hydrogens is 264 g/mol. The Bertz CT molecular complexity index is 669. The summed E-state index contributed by atoms with van der Waals surface area (Å²) in [5, 5.41) is 0. The zero-order valence-electron chi connectivity index (χ0n) is 11.1. The van der Waals surface area contributed by atoms with Crippen LogP contribution in [0.15, 0.2) is 67.3 Å². The fourth-order valence-electron chi connectivity index (χ4n) is 2.26. The Morgan fingerprint density at radius 3 is 1.38 bits per heavy atom. The van der Waals surface area contributed by atoms with Gasteiger partial charge >= 0.3 is 0 Å². The lowest BCUT2D eigenvalue weighted by Gasteiger charge is -2.16. The number of imidazole rings is 1. The molecule has 0 unspecified atom stereocenters. The van der Waals surface area contributed by atoms with Gasteiger partial charge in [0.25, 0.3) is 0 Å². The quantitative estimate of drug-likeness (QED) is 0.537. The van der Waals surface area contributed by atoms with Crippen LogP contribution in [0.5, 0.6) is 0 Å². The monoisotopic (exact) mass is 276 g/mol. The minimum Gasteiger partial charge on any atom is -0.351 e. The second-order valence-electron chi connectivity index (χ2n) is 4.51. The zero-order chi connectivity index (χ0) is 14.7. The van der Waals surface area contributed by atoms with E-state index >= 15 is 0 Å². The van der Waals surface area contributed by atoms with Gasteiger partial charge in [-0.1, -0.05) is 48.5 Å². The third kappa shape index (κ3) is 2.39. The molecule has 0 bridgehead atoms. The van der Waals surface area contributed by atoms with Crippen LogP contribution in [0.25, 0.3) is 0 Å². The average Bonchev–Trinajstić information content (AvgIpc) is 3.12. The highest BCUT2D eigenvalue weighted by Gasteiger charge is 2.28. The molecule has 1 aliphatic rings. The molecular formula is C17H12N2O2. The van der Waals surface area contributed by atoms with Crippen molar-refractivity contribution in [1.29, 1.82) is 0 Å². The molecule has 0 amide bonds. The lowest BCUT2D eigenvalue weighted by atomic mass is 9.84. The summed E-state index contributed by atoms with van der Waals surface area (Å²) >= 11 is 0. The molecule has 0 fully saturated rings. The highest BCUT2D eigenvalue weighted by Crippen LogP contribution is 2.26. The van der Waals surface area contributed by atoms with Gasteiger partial charge in [0.1, 0.15) is 0 Å². The minimum absolute atomic E-state index is 0.0641. The number of carbonyl (C=O) groups excluding carboxylic acids is 2. The molecule has 0 saturated heterocycles. The van der Waals surface area contributed by atoms with Gasteiger partial charge in [0.2, 0.25) is 0 Å².